The van der Waals surface area contributed by atoms with E-state index in [0.717, 1.165) is 51.0 Å². The molecule has 0 saturated carbocycles. The molecule has 2 aromatic heterocycles. The fourth-order valence-corrected chi connectivity index (χ4v) is 5.81. The minimum absolute atomic E-state index is 0.183. The largest absolute Gasteiger partial charge is 0.435 e. The number of thiazole rings is 1. The Morgan fingerprint density at radius 2 is 1.98 bits per heavy atom. The number of aryl methyl sites for hydroxylation is 1. The molecule has 214 valence electrons. The molecule has 1 unspecified atom stereocenters. The van der Waals surface area contributed by atoms with Crippen molar-refractivity contribution in [2.75, 3.05) is 27.2 Å². The van der Waals surface area contributed by atoms with Crippen LogP contribution in [0.25, 0.3) is 0 Å². The summed E-state index contributed by atoms with van der Waals surface area (Å²) >= 11 is 1.55. The average molecular weight is 577 g/mol. The van der Waals surface area contributed by atoms with E-state index in [9.17, 15) is 18.0 Å². The maximum Gasteiger partial charge on any atom is 0.435 e. The number of halogens is 3. The molecule has 13 heteroatoms. The van der Waals surface area contributed by atoms with E-state index in [1.807, 2.05) is 43.9 Å². The van der Waals surface area contributed by atoms with Crippen LogP contribution in [0.1, 0.15) is 63.8 Å². The lowest BCUT2D eigenvalue weighted by molar-refractivity contribution is -0.155. The fraction of sp³-hybridized carbons (Fsp3) is 0.481. The fourth-order valence-electron chi connectivity index (χ4n) is 4.82. The monoisotopic (exact) mass is 576 g/mol. The predicted octanol–water partition coefficient (Wildman–Crippen LogP) is 4.71. The Balaban J connectivity index is 1.17. The van der Waals surface area contributed by atoms with Gasteiger partial charge in [0, 0.05) is 49.7 Å². The number of carbonyl (C=O) groups excluding carboxylic acids is 1. The summed E-state index contributed by atoms with van der Waals surface area (Å²) in [7, 11) is 3.74. The topological polar surface area (TPSA) is 85.1 Å². The summed E-state index contributed by atoms with van der Waals surface area (Å²) in [5.74, 6) is -0.0593. The first-order valence-corrected chi connectivity index (χ1v) is 13.9. The van der Waals surface area contributed by atoms with Crippen molar-refractivity contribution in [1.82, 2.24) is 24.7 Å². The van der Waals surface area contributed by atoms with Crippen LogP contribution in [0.2, 0.25) is 0 Å². The van der Waals surface area contributed by atoms with Gasteiger partial charge in [-0.05, 0) is 37.0 Å². The predicted molar refractivity (Wildman–Crippen MR) is 143 cm³/mol. The zero-order chi connectivity index (χ0) is 28.4. The molecular weight excluding hydrogens is 545 g/mol. The molecule has 0 N–H and O–H groups in total. The van der Waals surface area contributed by atoms with Gasteiger partial charge in [0.25, 0.3) is 0 Å². The molecule has 1 amide bonds. The number of hydrazone groups is 1. The smallest absolute Gasteiger partial charge is 0.342 e. The summed E-state index contributed by atoms with van der Waals surface area (Å²) < 4.78 is 52.2. The van der Waals surface area contributed by atoms with E-state index < -0.39 is 18.2 Å². The van der Waals surface area contributed by atoms with E-state index in [-0.39, 0.29) is 18.4 Å². The summed E-state index contributed by atoms with van der Waals surface area (Å²) in [4.78, 5) is 19.3. The minimum atomic E-state index is -4.54. The molecule has 5 rings (SSSR count). The second kappa shape index (κ2) is 11.7. The van der Waals surface area contributed by atoms with Crippen molar-refractivity contribution >= 4 is 23.5 Å². The lowest BCUT2D eigenvalue weighted by Gasteiger charge is -2.31. The highest BCUT2D eigenvalue weighted by atomic mass is 32.1. The number of benzene rings is 1. The van der Waals surface area contributed by atoms with Gasteiger partial charge in [0.1, 0.15) is 12.2 Å². The van der Waals surface area contributed by atoms with Gasteiger partial charge < -0.3 is 19.4 Å². The number of hydrogen-bond donors (Lipinski definition) is 0. The molecule has 1 aromatic carbocycles. The number of alkyl halides is 3. The van der Waals surface area contributed by atoms with Crippen LogP contribution < -0.4 is 0 Å². The molecule has 2 aliphatic rings. The quantitative estimate of drug-likeness (QED) is 0.312. The van der Waals surface area contributed by atoms with Crippen LogP contribution in [0.15, 0.2) is 34.7 Å². The third kappa shape index (κ3) is 6.37. The first-order chi connectivity index (χ1) is 19.1. The molecule has 40 heavy (non-hydrogen) atoms. The average Bonchev–Trinajstić information content (AvgIpc) is 3.49. The van der Waals surface area contributed by atoms with Gasteiger partial charge in [-0.1, -0.05) is 18.2 Å². The second-order valence-electron chi connectivity index (χ2n) is 10.1. The normalized spacial score (nSPS) is 18.6. The maximum atomic E-state index is 13.0. The van der Waals surface area contributed by atoms with Crippen molar-refractivity contribution in [1.29, 1.82) is 0 Å². The highest BCUT2D eigenvalue weighted by Crippen LogP contribution is 2.35. The Labute approximate surface area is 234 Å². The maximum absolute atomic E-state index is 13.0. The number of rotatable bonds is 6. The molecular formula is C27H31F3N6O3S. The highest BCUT2D eigenvalue weighted by molar-refractivity contribution is 7.09. The number of fused-ring (bicyclic) bond motifs is 1. The standard InChI is InChI=1S/C27H31F3N6O3S/c1-17-11-23(27(28,29)30)33-36(17)13-24(37)35-9-7-18(8-10-35)25-32-22(16-40-25)26-38-14-20-6-4-5-19(12-31-34(2)3)21(20)15-39-26/h4-6,11-12,16,18,26H,7-10,13-15H2,1-3H3/b31-12+. The molecule has 1 atom stereocenters. The Bertz CT molecular complexity index is 1380. The van der Waals surface area contributed by atoms with Crippen molar-refractivity contribution in [3.63, 3.8) is 0 Å². The van der Waals surface area contributed by atoms with E-state index in [4.69, 9.17) is 14.5 Å². The van der Waals surface area contributed by atoms with Crippen molar-refractivity contribution in [2.24, 2.45) is 5.10 Å². The van der Waals surface area contributed by atoms with E-state index in [0.29, 0.717) is 32.0 Å². The number of amides is 1. The van der Waals surface area contributed by atoms with Crippen molar-refractivity contribution in [3.05, 3.63) is 68.4 Å². The molecule has 9 nitrogen and oxygen atoms in total. The SMILES string of the molecule is Cc1cc(C(F)(F)F)nn1CC(=O)N1CCC(c2nc(C3OCc4cccc(/C=N/N(C)C)c4CO3)cs2)CC1. The zero-order valence-electron chi connectivity index (χ0n) is 22.5. The first kappa shape index (κ1) is 28.2. The van der Waals surface area contributed by atoms with E-state index >= 15 is 0 Å². The molecule has 0 aliphatic carbocycles. The summed E-state index contributed by atoms with van der Waals surface area (Å²) in [6.07, 6.45) is -1.87. The minimum Gasteiger partial charge on any atom is -0.342 e. The molecule has 1 saturated heterocycles. The van der Waals surface area contributed by atoms with Crippen LogP contribution in [0, 0.1) is 6.92 Å². The van der Waals surface area contributed by atoms with Crippen molar-refractivity contribution in [2.45, 2.75) is 57.9 Å². The summed E-state index contributed by atoms with van der Waals surface area (Å²) in [6.45, 7) is 3.10. The number of carbonyl (C=O) groups is 1. The summed E-state index contributed by atoms with van der Waals surface area (Å²) in [5, 5.41) is 12.6. The van der Waals surface area contributed by atoms with E-state index in [1.165, 1.54) is 6.92 Å². The Morgan fingerprint density at radius 3 is 2.67 bits per heavy atom. The van der Waals surface area contributed by atoms with Gasteiger partial charge in [-0.2, -0.15) is 23.4 Å². The summed E-state index contributed by atoms with van der Waals surface area (Å²) in [6, 6.07) is 6.97. The number of ether oxygens (including phenoxy) is 2. The highest BCUT2D eigenvalue weighted by Gasteiger charge is 2.35. The number of aromatic nitrogens is 3. The molecule has 1 fully saturated rings. The Morgan fingerprint density at radius 1 is 1.23 bits per heavy atom. The molecule has 4 heterocycles. The van der Waals surface area contributed by atoms with Crippen LogP contribution in [0.3, 0.4) is 0 Å². The van der Waals surface area contributed by atoms with Crippen molar-refractivity contribution < 1.29 is 27.4 Å². The Hall–Kier alpha value is -3.29. The lowest BCUT2D eigenvalue weighted by atomic mass is 9.97. The molecule has 0 spiro atoms. The lowest BCUT2D eigenvalue weighted by Crippen LogP contribution is -2.40. The summed E-state index contributed by atoms with van der Waals surface area (Å²) in [5.41, 5.74) is 3.12. The molecule has 0 radical (unpaired) electrons. The van der Waals surface area contributed by atoms with Crippen LogP contribution in [-0.4, -0.2) is 64.0 Å². The molecule has 0 bridgehead atoms. The van der Waals surface area contributed by atoms with Crippen LogP contribution in [0.5, 0.6) is 0 Å². The number of nitrogens with zero attached hydrogens (tertiary/aromatic N) is 6. The molecule has 3 aromatic rings. The van der Waals surface area contributed by atoms with Crippen molar-refractivity contribution in [3.8, 4) is 0 Å². The van der Waals surface area contributed by atoms with Crippen LogP contribution >= 0.6 is 11.3 Å². The van der Waals surface area contributed by atoms with Gasteiger partial charge in [0.2, 0.25) is 12.2 Å². The zero-order valence-corrected chi connectivity index (χ0v) is 23.3. The second-order valence-corrected chi connectivity index (χ2v) is 11.0. The number of piperidine rings is 1. The number of likely N-dealkylation sites (tertiary alicyclic amines) is 1. The van der Waals surface area contributed by atoms with Crippen LogP contribution in [-0.2, 0) is 40.2 Å². The van der Waals surface area contributed by atoms with Gasteiger partial charge in [-0.25, -0.2) is 4.98 Å². The van der Waals surface area contributed by atoms with Gasteiger partial charge >= 0.3 is 6.18 Å². The third-order valence-corrected chi connectivity index (χ3v) is 8.07. The van der Waals surface area contributed by atoms with Crippen LogP contribution in [0.4, 0.5) is 13.2 Å². The third-order valence-electron chi connectivity index (χ3n) is 7.04. The molecule has 2 aliphatic heterocycles. The van der Waals surface area contributed by atoms with Gasteiger partial charge in [-0.3, -0.25) is 9.48 Å². The van der Waals surface area contributed by atoms with Gasteiger partial charge in [-0.15, -0.1) is 11.3 Å². The first-order valence-electron chi connectivity index (χ1n) is 13.0. The number of hydrogen-bond acceptors (Lipinski definition) is 8. The van der Waals surface area contributed by atoms with E-state index in [1.54, 1.807) is 21.2 Å². The van der Waals surface area contributed by atoms with Gasteiger partial charge in [0.05, 0.1) is 24.4 Å². The van der Waals surface area contributed by atoms with Gasteiger partial charge in [0.15, 0.2) is 5.69 Å². The van der Waals surface area contributed by atoms with E-state index in [2.05, 4.69) is 10.2 Å². The Kier molecular flexibility index (Phi) is 8.24.